The van der Waals surface area contributed by atoms with Crippen molar-refractivity contribution in [1.82, 2.24) is 15.1 Å². The summed E-state index contributed by atoms with van der Waals surface area (Å²) in [6.07, 6.45) is 1.67. The molecule has 0 amide bonds. The van der Waals surface area contributed by atoms with Crippen LogP contribution in [0.4, 0.5) is 0 Å². The highest BCUT2D eigenvalue weighted by Gasteiger charge is 2.10. The number of nitrogens with zero attached hydrogens (tertiary/aromatic N) is 2. The Morgan fingerprint density at radius 1 is 1.39 bits per heavy atom. The quantitative estimate of drug-likeness (QED) is 0.811. The molecule has 0 saturated carbocycles. The Kier molecular flexibility index (Phi) is 4.17. The molecule has 0 aromatic carbocycles. The van der Waals surface area contributed by atoms with Crippen molar-refractivity contribution in [3.8, 4) is 0 Å². The summed E-state index contributed by atoms with van der Waals surface area (Å²) in [7, 11) is 0. The lowest BCUT2D eigenvalue weighted by Gasteiger charge is -2.05. The predicted octanol–water partition coefficient (Wildman–Crippen LogP) is 1.38. The monoisotopic (exact) mass is 249 g/mol. The van der Waals surface area contributed by atoms with E-state index in [0.29, 0.717) is 13.1 Å². The van der Waals surface area contributed by atoms with Crippen LogP contribution >= 0.6 is 0 Å². The minimum atomic E-state index is 0.112. The molecule has 0 aliphatic carbocycles. The van der Waals surface area contributed by atoms with E-state index in [1.165, 1.54) is 5.56 Å². The summed E-state index contributed by atoms with van der Waals surface area (Å²) < 4.78 is 7.11. The number of hydrogen-bond donors (Lipinski definition) is 2. The van der Waals surface area contributed by atoms with Gasteiger partial charge >= 0.3 is 0 Å². The van der Waals surface area contributed by atoms with Crippen molar-refractivity contribution < 1.29 is 9.52 Å². The first-order valence-electron chi connectivity index (χ1n) is 6.09. The van der Waals surface area contributed by atoms with Gasteiger partial charge in [-0.3, -0.25) is 4.68 Å². The second-order valence-electron chi connectivity index (χ2n) is 4.28. The zero-order chi connectivity index (χ0) is 13.0. The van der Waals surface area contributed by atoms with E-state index in [2.05, 4.69) is 10.4 Å². The van der Waals surface area contributed by atoms with Gasteiger partial charge in [-0.15, -0.1) is 0 Å². The van der Waals surface area contributed by atoms with Gasteiger partial charge < -0.3 is 14.8 Å². The average molecular weight is 249 g/mol. The second-order valence-corrected chi connectivity index (χ2v) is 4.28. The molecule has 2 heterocycles. The Balaban J connectivity index is 1.96. The molecule has 0 radical (unpaired) electrons. The first kappa shape index (κ1) is 12.9. The third kappa shape index (κ3) is 2.80. The number of hydrogen-bond acceptors (Lipinski definition) is 4. The largest absolute Gasteiger partial charge is 0.468 e. The van der Waals surface area contributed by atoms with Crippen molar-refractivity contribution in [2.45, 2.75) is 33.5 Å². The van der Waals surface area contributed by atoms with Crippen LogP contribution in [-0.2, 0) is 19.6 Å². The van der Waals surface area contributed by atoms with Crippen LogP contribution in [0.2, 0.25) is 0 Å². The molecule has 2 rings (SSSR count). The maximum atomic E-state index is 8.96. The smallest absolute Gasteiger partial charge is 0.117 e. The molecule has 0 unspecified atom stereocenters. The van der Waals surface area contributed by atoms with Crippen molar-refractivity contribution in [2.75, 3.05) is 6.61 Å². The summed E-state index contributed by atoms with van der Waals surface area (Å²) in [5.74, 6) is 0.924. The number of aliphatic hydroxyl groups excluding tert-OH is 1. The fraction of sp³-hybridized carbons (Fsp3) is 0.462. The van der Waals surface area contributed by atoms with E-state index < -0.39 is 0 Å². The zero-order valence-electron chi connectivity index (χ0n) is 10.8. The van der Waals surface area contributed by atoms with Crippen LogP contribution in [0.25, 0.3) is 0 Å². The molecule has 5 heteroatoms. The standard InChI is InChI=1S/C13H19N3O2/c1-10-13(11(2)16(15-10)5-6-17)9-14-8-12-4-3-7-18-12/h3-4,7,14,17H,5-6,8-9H2,1-2H3. The molecule has 18 heavy (non-hydrogen) atoms. The normalized spacial score (nSPS) is 11.1. The molecule has 0 saturated heterocycles. The fourth-order valence-corrected chi connectivity index (χ4v) is 2.03. The summed E-state index contributed by atoms with van der Waals surface area (Å²) in [6.45, 7) is 6.14. The lowest BCUT2D eigenvalue weighted by atomic mass is 10.2. The van der Waals surface area contributed by atoms with E-state index in [9.17, 15) is 0 Å². The Morgan fingerprint density at radius 2 is 2.22 bits per heavy atom. The molecule has 0 aliphatic rings. The minimum Gasteiger partial charge on any atom is -0.468 e. The van der Waals surface area contributed by atoms with Crippen LogP contribution in [0, 0.1) is 13.8 Å². The van der Waals surface area contributed by atoms with Crippen molar-refractivity contribution in [3.63, 3.8) is 0 Å². The SMILES string of the molecule is Cc1nn(CCO)c(C)c1CNCc1ccco1. The van der Waals surface area contributed by atoms with Gasteiger partial charge in [-0.1, -0.05) is 0 Å². The number of rotatable bonds is 6. The lowest BCUT2D eigenvalue weighted by molar-refractivity contribution is 0.267. The van der Waals surface area contributed by atoms with Gasteiger partial charge in [-0.25, -0.2) is 0 Å². The van der Waals surface area contributed by atoms with Gasteiger partial charge in [-0.05, 0) is 26.0 Å². The van der Waals surface area contributed by atoms with E-state index in [-0.39, 0.29) is 6.61 Å². The summed E-state index contributed by atoms with van der Waals surface area (Å²) in [4.78, 5) is 0. The third-order valence-electron chi connectivity index (χ3n) is 3.02. The van der Waals surface area contributed by atoms with E-state index in [1.807, 2.05) is 30.7 Å². The van der Waals surface area contributed by atoms with Crippen LogP contribution < -0.4 is 5.32 Å². The summed E-state index contributed by atoms with van der Waals surface area (Å²) in [5.41, 5.74) is 3.30. The van der Waals surface area contributed by atoms with Gasteiger partial charge in [0.1, 0.15) is 5.76 Å². The van der Waals surface area contributed by atoms with Crippen molar-refractivity contribution in [3.05, 3.63) is 41.1 Å². The van der Waals surface area contributed by atoms with Crippen LogP contribution in [0.1, 0.15) is 22.7 Å². The molecule has 0 spiro atoms. The summed E-state index contributed by atoms with van der Waals surface area (Å²) >= 11 is 0. The highest BCUT2D eigenvalue weighted by molar-refractivity contribution is 5.24. The molecule has 0 atom stereocenters. The van der Waals surface area contributed by atoms with E-state index in [0.717, 1.165) is 23.7 Å². The third-order valence-corrected chi connectivity index (χ3v) is 3.02. The van der Waals surface area contributed by atoms with Gasteiger partial charge in [0.05, 0.1) is 31.7 Å². The van der Waals surface area contributed by atoms with Crippen LogP contribution in [0.5, 0.6) is 0 Å². The molecule has 98 valence electrons. The Hall–Kier alpha value is -1.59. The summed E-state index contributed by atoms with van der Waals surface area (Å²) in [6, 6.07) is 3.83. The van der Waals surface area contributed by atoms with Gasteiger partial charge in [0.2, 0.25) is 0 Å². The van der Waals surface area contributed by atoms with E-state index in [4.69, 9.17) is 9.52 Å². The first-order chi connectivity index (χ1) is 8.72. The number of aromatic nitrogens is 2. The number of nitrogens with one attached hydrogen (secondary N) is 1. The maximum absolute atomic E-state index is 8.96. The maximum Gasteiger partial charge on any atom is 0.117 e. The molecule has 2 aromatic heterocycles. The minimum absolute atomic E-state index is 0.112. The number of aliphatic hydroxyl groups is 1. The van der Waals surface area contributed by atoms with Gasteiger partial charge in [0.25, 0.3) is 0 Å². The molecule has 2 aromatic rings. The second kappa shape index (κ2) is 5.84. The Morgan fingerprint density at radius 3 is 2.89 bits per heavy atom. The van der Waals surface area contributed by atoms with Gasteiger partial charge in [0, 0.05) is 17.8 Å². The molecule has 0 fully saturated rings. The van der Waals surface area contributed by atoms with Crippen molar-refractivity contribution >= 4 is 0 Å². The van der Waals surface area contributed by atoms with Crippen molar-refractivity contribution in [1.29, 1.82) is 0 Å². The van der Waals surface area contributed by atoms with E-state index >= 15 is 0 Å². The van der Waals surface area contributed by atoms with Gasteiger partial charge in [-0.2, -0.15) is 5.10 Å². The molecular formula is C13H19N3O2. The highest BCUT2D eigenvalue weighted by Crippen LogP contribution is 2.13. The van der Waals surface area contributed by atoms with Gasteiger partial charge in [0.15, 0.2) is 0 Å². The molecule has 0 aliphatic heterocycles. The Bertz CT molecular complexity index is 489. The fourth-order valence-electron chi connectivity index (χ4n) is 2.03. The van der Waals surface area contributed by atoms with Crippen molar-refractivity contribution in [2.24, 2.45) is 0 Å². The first-order valence-corrected chi connectivity index (χ1v) is 6.09. The number of furan rings is 1. The molecular weight excluding hydrogens is 230 g/mol. The molecule has 0 bridgehead atoms. The van der Waals surface area contributed by atoms with E-state index in [1.54, 1.807) is 6.26 Å². The zero-order valence-corrected chi connectivity index (χ0v) is 10.8. The average Bonchev–Trinajstić information content (AvgIpc) is 2.93. The predicted molar refractivity (Wildman–Crippen MR) is 68.0 cm³/mol. The molecule has 5 nitrogen and oxygen atoms in total. The van der Waals surface area contributed by atoms with Crippen LogP contribution in [0.3, 0.4) is 0 Å². The van der Waals surface area contributed by atoms with Crippen LogP contribution in [-0.4, -0.2) is 21.5 Å². The highest BCUT2D eigenvalue weighted by atomic mass is 16.3. The topological polar surface area (TPSA) is 63.2 Å². The Labute approximate surface area is 106 Å². The summed E-state index contributed by atoms with van der Waals surface area (Å²) in [5, 5.41) is 16.7. The lowest BCUT2D eigenvalue weighted by Crippen LogP contribution is -2.13. The number of aryl methyl sites for hydroxylation is 1. The van der Waals surface area contributed by atoms with Crippen LogP contribution in [0.15, 0.2) is 22.8 Å². The molecule has 2 N–H and O–H groups in total.